The molecule has 0 heterocycles. The number of alkyl halides is 3. The first-order valence-corrected chi connectivity index (χ1v) is 16.8. The van der Waals surface area contributed by atoms with Crippen molar-refractivity contribution in [3.05, 3.63) is 0 Å². The van der Waals surface area contributed by atoms with Gasteiger partial charge < -0.3 is 9.74 Å². The Morgan fingerprint density at radius 1 is 1.14 bits per heavy atom. The third kappa shape index (κ3) is 5.89. The number of hydrogen-bond acceptors (Lipinski definition) is 3. The maximum Gasteiger partial charge on any atom is 0.471 e. The summed E-state index contributed by atoms with van der Waals surface area (Å²) in [4.78, 5) is 24.4. The van der Waals surface area contributed by atoms with Gasteiger partial charge in [0, 0.05) is 26.0 Å². The fraction of sp³-hybridized carbons (Fsp3) is 0.929. The Morgan fingerprint density at radius 2 is 1.78 bits per heavy atom. The van der Waals surface area contributed by atoms with Crippen molar-refractivity contribution in [2.24, 2.45) is 46.8 Å². The Morgan fingerprint density at radius 3 is 2.36 bits per heavy atom. The molecule has 0 radical (unpaired) electrons. The van der Waals surface area contributed by atoms with Crippen LogP contribution in [0, 0.1) is 46.8 Å². The SMILES string of the molecule is C[C@@H]1C[C@H]([C@@]2(C)CCC(=O)C[C@@H]2CO[Si](C)(C)C(C)(C)C)[C@@H](CNC(=O)C(F)(F)F)[C@H]2CC[C@H](C)[C@@H]21. The summed E-state index contributed by atoms with van der Waals surface area (Å²) in [5.74, 6) is 0.391. The van der Waals surface area contributed by atoms with E-state index in [-0.39, 0.29) is 40.5 Å². The Labute approximate surface area is 217 Å². The lowest BCUT2D eigenvalue weighted by Gasteiger charge is -2.56. The summed E-state index contributed by atoms with van der Waals surface area (Å²) in [5, 5.41) is 2.32. The van der Waals surface area contributed by atoms with Crippen molar-refractivity contribution >= 4 is 20.0 Å². The van der Waals surface area contributed by atoms with Crippen LogP contribution in [0.1, 0.15) is 80.1 Å². The molecule has 8 heteroatoms. The van der Waals surface area contributed by atoms with Gasteiger partial charge in [0.05, 0.1) is 0 Å². The van der Waals surface area contributed by atoms with E-state index in [0.717, 1.165) is 25.7 Å². The van der Waals surface area contributed by atoms with Gasteiger partial charge in [-0.05, 0) is 84.2 Å². The molecular formula is C28H48F3NO3Si. The molecule has 208 valence electrons. The zero-order valence-corrected chi connectivity index (χ0v) is 24.6. The molecule has 0 aliphatic heterocycles. The maximum atomic E-state index is 13.1. The van der Waals surface area contributed by atoms with E-state index in [1.165, 1.54) is 0 Å². The minimum absolute atomic E-state index is 0.0176. The van der Waals surface area contributed by atoms with Crippen molar-refractivity contribution < 1.29 is 27.2 Å². The molecule has 36 heavy (non-hydrogen) atoms. The van der Waals surface area contributed by atoms with Crippen molar-refractivity contribution in [2.75, 3.05) is 13.2 Å². The van der Waals surface area contributed by atoms with Crippen LogP contribution < -0.4 is 5.32 Å². The molecule has 3 rings (SSSR count). The lowest BCUT2D eigenvalue weighted by Crippen LogP contribution is -2.54. The summed E-state index contributed by atoms with van der Waals surface area (Å²) in [6, 6.07) is 0. The molecule has 0 aromatic carbocycles. The van der Waals surface area contributed by atoms with Gasteiger partial charge in [0.1, 0.15) is 5.78 Å². The number of nitrogens with one attached hydrogen (secondary N) is 1. The second-order valence-corrected chi connectivity index (χ2v) is 18.8. The van der Waals surface area contributed by atoms with E-state index in [4.69, 9.17) is 4.43 Å². The van der Waals surface area contributed by atoms with Crippen LogP contribution in [-0.2, 0) is 14.0 Å². The Hall–Kier alpha value is -0.893. The molecule has 1 amide bonds. The number of halogens is 3. The summed E-state index contributed by atoms with van der Waals surface area (Å²) in [6.45, 7) is 18.5. The Kier molecular flexibility index (Phi) is 8.53. The normalized spacial score (nSPS) is 38.1. The molecule has 3 fully saturated rings. The molecule has 1 N–H and O–H groups in total. The van der Waals surface area contributed by atoms with Gasteiger partial charge in [-0.15, -0.1) is 0 Å². The molecule has 4 nitrogen and oxygen atoms in total. The summed E-state index contributed by atoms with van der Waals surface area (Å²) >= 11 is 0. The number of rotatable bonds is 6. The molecular weight excluding hydrogens is 483 g/mol. The van der Waals surface area contributed by atoms with Gasteiger partial charge >= 0.3 is 12.1 Å². The van der Waals surface area contributed by atoms with Gasteiger partial charge in [-0.2, -0.15) is 13.2 Å². The van der Waals surface area contributed by atoms with E-state index in [1.54, 1.807) is 0 Å². The van der Waals surface area contributed by atoms with Crippen molar-refractivity contribution in [1.29, 1.82) is 0 Å². The molecule has 0 saturated heterocycles. The number of carbonyl (C=O) groups is 2. The quantitative estimate of drug-likeness (QED) is 0.376. The first-order valence-electron chi connectivity index (χ1n) is 13.9. The highest BCUT2D eigenvalue weighted by Crippen LogP contribution is 2.60. The highest BCUT2D eigenvalue weighted by Gasteiger charge is 2.56. The van der Waals surface area contributed by atoms with Crippen LogP contribution in [0.25, 0.3) is 0 Å². The van der Waals surface area contributed by atoms with Gasteiger partial charge in [0.2, 0.25) is 0 Å². The van der Waals surface area contributed by atoms with Crippen molar-refractivity contribution in [1.82, 2.24) is 5.32 Å². The molecule has 0 unspecified atom stereocenters. The van der Waals surface area contributed by atoms with Crippen molar-refractivity contribution in [3.63, 3.8) is 0 Å². The predicted molar refractivity (Wildman–Crippen MR) is 139 cm³/mol. The molecule has 0 bridgehead atoms. The highest BCUT2D eigenvalue weighted by molar-refractivity contribution is 6.74. The van der Waals surface area contributed by atoms with Gasteiger partial charge in [-0.1, -0.05) is 48.0 Å². The lowest BCUT2D eigenvalue weighted by molar-refractivity contribution is -0.174. The molecule has 8 atom stereocenters. The van der Waals surface area contributed by atoms with Crippen LogP contribution in [0.2, 0.25) is 18.1 Å². The van der Waals surface area contributed by atoms with Crippen molar-refractivity contribution in [3.8, 4) is 0 Å². The minimum Gasteiger partial charge on any atom is -0.417 e. The summed E-state index contributed by atoms with van der Waals surface area (Å²) in [7, 11) is -2.03. The van der Waals surface area contributed by atoms with Crippen LogP contribution in [0.5, 0.6) is 0 Å². The zero-order chi connectivity index (χ0) is 27.3. The van der Waals surface area contributed by atoms with E-state index in [2.05, 4.69) is 60.0 Å². The third-order valence-corrected chi connectivity index (χ3v) is 15.4. The number of carbonyl (C=O) groups excluding carboxylic acids is 2. The summed E-state index contributed by atoms with van der Waals surface area (Å²) in [5.41, 5.74) is -0.213. The minimum atomic E-state index is -4.87. The standard InChI is InChI=1S/C28H48F3NO3Si/c1-17-9-10-21-22(15-32-25(34)28(29,30)31)23(13-18(2)24(17)21)27(6)12-11-20(33)14-19(27)16-35-36(7,8)26(3,4)5/h17-19,21-24H,9-16H2,1-8H3,(H,32,34)/t17-,18+,19+,21+,22-,23-,24+,27-/m0/s1. The average Bonchev–Trinajstić information content (AvgIpc) is 3.14. The van der Waals surface area contributed by atoms with Gasteiger partial charge in [0.15, 0.2) is 8.32 Å². The molecule has 0 spiro atoms. The van der Waals surface area contributed by atoms with Gasteiger partial charge in [-0.25, -0.2) is 0 Å². The molecule has 3 aliphatic carbocycles. The van der Waals surface area contributed by atoms with E-state index < -0.39 is 20.4 Å². The number of fused-ring (bicyclic) bond motifs is 1. The van der Waals surface area contributed by atoms with Crippen LogP contribution in [0.3, 0.4) is 0 Å². The largest absolute Gasteiger partial charge is 0.471 e. The third-order valence-electron chi connectivity index (χ3n) is 10.9. The summed E-state index contributed by atoms with van der Waals surface area (Å²) < 4.78 is 45.9. The molecule has 3 aliphatic rings. The number of Topliss-reactive ketones (excluding diaryl/α,β-unsaturated/α-hetero) is 1. The molecule has 0 aromatic rings. The number of ketones is 1. The number of hydrogen-bond donors (Lipinski definition) is 1. The smallest absolute Gasteiger partial charge is 0.417 e. The zero-order valence-electron chi connectivity index (χ0n) is 23.6. The second-order valence-electron chi connectivity index (χ2n) is 14.0. The highest BCUT2D eigenvalue weighted by atomic mass is 28.4. The average molecular weight is 532 g/mol. The lowest BCUT2D eigenvalue weighted by atomic mass is 9.50. The Balaban J connectivity index is 1.91. The van der Waals surface area contributed by atoms with Crippen LogP contribution in [-0.4, -0.2) is 39.3 Å². The molecule has 0 aromatic heterocycles. The van der Waals surface area contributed by atoms with E-state index in [1.807, 2.05) is 0 Å². The first kappa shape index (κ1) is 29.7. The molecule has 3 saturated carbocycles. The summed E-state index contributed by atoms with van der Waals surface area (Å²) in [6.07, 6.45) is -0.125. The van der Waals surface area contributed by atoms with Crippen LogP contribution in [0.4, 0.5) is 13.2 Å². The van der Waals surface area contributed by atoms with Crippen LogP contribution >= 0.6 is 0 Å². The maximum absolute atomic E-state index is 13.1. The fourth-order valence-corrected chi connectivity index (χ4v) is 8.67. The monoisotopic (exact) mass is 531 g/mol. The van der Waals surface area contributed by atoms with E-state index >= 15 is 0 Å². The Bertz CT molecular complexity index is 824. The second kappa shape index (κ2) is 10.3. The topological polar surface area (TPSA) is 55.4 Å². The fourth-order valence-electron chi connectivity index (χ4n) is 7.62. The number of amides is 1. The van der Waals surface area contributed by atoms with Gasteiger partial charge in [-0.3, -0.25) is 9.59 Å². The van der Waals surface area contributed by atoms with E-state index in [9.17, 15) is 22.8 Å². The van der Waals surface area contributed by atoms with Crippen LogP contribution in [0.15, 0.2) is 0 Å². The first-order chi connectivity index (χ1) is 16.4. The predicted octanol–water partition coefficient (Wildman–Crippen LogP) is 7.00. The van der Waals surface area contributed by atoms with Gasteiger partial charge in [0.25, 0.3) is 0 Å². The van der Waals surface area contributed by atoms with E-state index in [0.29, 0.717) is 43.1 Å². The van der Waals surface area contributed by atoms with Crippen molar-refractivity contribution in [2.45, 2.75) is 104 Å².